The third-order valence-corrected chi connectivity index (χ3v) is 5.66. The summed E-state index contributed by atoms with van der Waals surface area (Å²) in [5.74, 6) is 0. The van der Waals surface area contributed by atoms with Crippen molar-refractivity contribution < 1.29 is 8.42 Å². The minimum Gasteiger partial charge on any atom is -0.279 e. The molecule has 1 heterocycles. The number of benzene rings is 1. The second-order valence-corrected chi connectivity index (χ2v) is 7.98. The second-order valence-electron chi connectivity index (χ2n) is 3.17. The molecule has 7 heteroatoms. The van der Waals surface area contributed by atoms with Gasteiger partial charge in [0.1, 0.15) is 4.21 Å². The number of sulfonamides is 1. The maximum Gasteiger partial charge on any atom is 0.271 e. The molecule has 0 saturated carbocycles. The van der Waals surface area contributed by atoms with Crippen LogP contribution < -0.4 is 4.72 Å². The van der Waals surface area contributed by atoms with Crippen molar-refractivity contribution in [2.45, 2.75) is 4.21 Å². The van der Waals surface area contributed by atoms with E-state index < -0.39 is 10.0 Å². The summed E-state index contributed by atoms with van der Waals surface area (Å²) in [4.78, 5) is 0. The van der Waals surface area contributed by atoms with Gasteiger partial charge < -0.3 is 0 Å². The Labute approximate surface area is 117 Å². The number of nitrogens with one attached hydrogen (secondary N) is 1. The van der Waals surface area contributed by atoms with E-state index in [1.54, 1.807) is 36.4 Å². The van der Waals surface area contributed by atoms with Crippen LogP contribution in [0.25, 0.3) is 0 Å². The molecule has 1 aromatic carbocycles. The van der Waals surface area contributed by atoms with Gasteiger partial charge in [-0.25, -0.2) is 8.42 Å². The Hall–Kier alpha value is -0.560. The Balaban J connectivity index is 2.26. The van der Waals surface area contributed by atoms with Crippen molar-refractivity contribution in [2.75, 3.05) is 4.72 Å². The van der Waals surface area contributed by atoms with E-state index in [0.29, 0.717) is 10.7 Å². The summed E-state index contributed by atoms with van der Waals surface area (Å²) in [6.07, 6.45) is 0. The smallest absolute Gasteiger partial charge is 0.271 e. The summed E-state index contributed by atoms with van der Waals surface area (Å²) in [5, 5.41) is 0.562. The van der Waals surface area contributed by atoms with E-state index in [4.69, 9.17) is 11.6 Å². The molecule has 1 N–H and O–H groups in total. The maximum absolute atomic E-state index is 11.9. The monoisotopic (exact) mass is 351 g/mol. The van der Waals surface area contributed by atoms with Crippen LogP contribution in [0.1, 0.15) is 0 Å². The van der Waals surface area contributed by atoms with Gasteiger partial charge in [0.25, 0.3) is 10.0 Å². The van der Waals surface area contributed by atoms with Gasteiger partial charge in [0.05, 0.1) is 3.79 Å². The van der Waals surface area contributed by atoms with Gasteiger partial charge in [-0.3, -0.25) is 4.72 Å². The summed E-state index contributed by atoms with van der Waals surface area (Å²) >= 11 is 10.1. The van der Waals surface area contributed by atoms with Crippen LogP contribution in [0.3, 0.4) is 0 Å². The van der Waals surface area contributed by atoms with Gasteiger partial charge in [-0.2, -0.15) is 0 Å². The van der Waals surface area contributed by atoms with Gasteiger partial charge in [-0.15, -0.1) is 11.3 Å². The van der Waals surface area contributed by atoms with Gasteiger partial charge in [-0.1, -0.05) is 11.6 Å². The van der Waals surface area contributed by atoms with E-state index in [1.165, 1.54) is 0 Å². The highest BCUT2D eigenvalue weighted by Crippen LogP contribution is 2.27. The highest BCUT2D eigenvalue weighted by molar-refractivity contribution is 9.11. The van der Waals surface area contributed by atoms with Gasteiger partial charge in [0.2, 0.25) is 0 Å². The largest absolute Gasteiger partial charge is 0.279 e. The average molecular weight is 353 g/mol. The normalized spacial score (nSPS) is 11.4. The third-order valence-electron chi connectivity index (χ3n) is 1.91. The highest BCUT2D eigenvalue weighted by Gasteiger charge is 2.16. The predicted molar refractivity (Wildman–Crippen MR) is 74.3 cm³/mol. The van der Waals surface area contributed by atoms with Crippen LogP contribution in [0.2, 0.25) is 5.02 Å². The van der Waals surface area contributed by atoms with E-state index in [2.05, 4.69) is 20.7 Å². The zero-order chi connectivity index (χ0) is 12.5. The van der Waals surface area contributed by atoms with Crippen molar-refractivity contribution in [1.29, 1.82) is 0 Å². The minimum absolute atomic E-state index is 0.263. The molecule has 3 nitrogen and oxygen atoms in total. The van der Waals surface area contributed by atoms with Crippen LogP contribution in [-0.2, 0) is 10.0 Å². The highest BCUT2D eigenvalue weighted by atomic mass is 79.9. The second kappa shape index (κ2) is 4.97. The molecule has 0 radical (unpaired) electrons. The third kappa shape index (κ3) is 3.22. The van der Waals surface area contributed by atoms with Crippen molar-refractivity contribution in [2.24, 2.45) is 0 Å². The number of rotatable bonds is 3. The molecule has 0 saturated heterocycles. The lowest BCUT2D eigenvalue weighted by Gasteiger charge is -2.05. The first-order valence-corrected chi connectivity index (χ1v) is 7.98. The van der Waals surface area contributed by atoms with Gasteiger partial charge >= 0.3 is 0 Å². The van der Waals surface area contributed by atoms with Crippen molar-refractivity contribution >= 4 is 54.6 Å². The quantitative estimate of drug-likeness (QED) is 0.908. The Morgan fingerprint density at radius 2 is 1.76 bits per heavy atom. The lowest BCUT2D eigenvalue weighted by molar-refractivity contribution is 0.603. The van der Waals surface area contributed by atoms with E-state index >= 15 is 0 Å². The molecule has 0 bridgehead atoms. The standard InChI is InChI=1S/C10H7BrClNO2S2/c11-9-5-6-10(16-9)17(14,15)13-8-3-1-7(12)2-4-8/h1-6,13H. The molecule has 1 aromatic heterocycles. The molecular formula is C10H7BrClNO2S2. The van der Waals surface area contributed by atoms with Crippen molar-refractivity contribution in [3.8, 4) is 0 Å². The molecule has 17 heavy (non-hydrogen) atoms. The molecule has 0 amide bonds. The molecule has 0 unspecified atom stereocenters. The van der Waals surface area contributed by atoms with Crippen molar-refractivity contribution in [1.82, 2.24) is 0 Å². The zero-order valence-electron chi connectivity index (χ0n) is 8.35. The lowest BCUT2D eigenvalue weighted by atomic mass is 10.3. The lowest BCUT2D eigenvalue weighted by Crippen LogP contribution is -2.11. The SMILES string of the molecule is O=S(=O)(Nc1ccc(Cl)cc1)c1ccc(Br)s1. The van der Waals surface area contributed by atoms with Crippen LogP contribution >= 0.6 is 38.9 Å². The Morgan fingerprint density at radius 3 is 2.29 bits per heavy atom. The fourth-order valence-corrected chi connectivity index (χ4v) is 4.36. The number of hydrogen-bond acceptors (Lipinski definition) is 3. The molecule has 0 aliphatic heterocycles. The summed E-state index contributed by atoms with van der Waals surface area (Å²) in [7, 11) is -3.51. The first-order chi connectivity index (χ1) is 7.97. The minimum atomic E-state index is -3.51. The Bertz CT molecular complexity index is 622. The van der Waals surface area contributed by atoms with E-state index in [-0.39, 0.29) is 4.21 Å². The zero-order valence-corrected chi connectivity index (χ0v) is 12.3. The predicted octanol–water partition coefficient (Wildman–Crippen LogP) is 3.96. The molecule has 0 atom stereocenters. The number of hydrogen-bond donors (Lipinski definition) is 1. The topological polar surface area (TPSA) is 46.2 Å². The van der Waals surface area contributed by atoms with Crippen molar-refractivity contribution in [3.05, 3.63) is 45.2 Å². The summed E-state index contributed by atoms with van der Waals surface area (Å²) in [6.45, 7) is 0. The first-order valence-electron chi connectivity index (χ1n) is 4.51. The summed E-state index contributed by atoms with van der Waals surface area (Å²) < 4.78 is 27.4. The van der Waals surface area contributed by atoms with E-state index in [9.17, 15) is 8.42 Å². The van der Waals surface area contributed by atoms with E-state index in [0.717, 1.165) is 15.1 Å². The fraction of sp³-hybridized carbons (Fsp3) is 0. The maximum atomic E-state index is 11.9. The number of thiophene rings is 1. The number of anilines is 1. The van der Waals surface area contributed by atoms with Gasteiger partial charge in [0.15, 0.2) is 0 Å². The average Bonchev–Trinajstić information content (AvgIpc) is 2.69. The first kappa shape index (κ1) is 12.9. The molecule has 2 rings (SSSR count). The molecule has 0 aliphatic carbocycles. The number of halogens is 2. The van der Waals surface area contributed by atoms with Crippen LogP contribution in [0.5, 0.6) is 0 Å². The molecule has 90 valence electrons. The van der Waals surface area contributed by atoms with Gasteiger partial charge in [-0.05, 0) is 52.3 Å². The summed E-state index contributed by atoms with van der Waals surface area (Å²) in [5.41, 5.74) is 0.485. The summed E-state index contributed by atoms with van der Waals surface area (Å²) in [6, 6.07) is 9.73. The molecule has 2 aromatic rings. The van der Waals surface area contributed by atoms with Gasteiger partial charge in [0, 0.05) is 10.7 Å². The van der Waals surface area contributed by atoms with E-state index in [1.807, 2.05) is 0 Å². The molecule has 0 aliphatic rings. The Morgan fingerprint density at radius 1 is 1.12 bits per heavy atom. The Kier molecular flexibility index (Phi) is 3.77. The molecular weight excluding hydrogens is 346 g/mol. The fourth-order valence-electron chi connectivity index (χ4n) is 1.17. The van der Waals surface area contributed by atoms with Crippen molar-refractivity contribution in [3.63, 3.8) is 0 Å². The van der Waals surface area contributed by atoms with Crippen LogP contribution in [0.15, 0.2) is 44.4 Å². The molecule has 0 fully saturated rings. The van der Waals surface area contributed by atoms with Crippen LogP contribution in [0, 0.1) is 0 Å². The van der Waals surface area contributed by atoms with Crippen LogP contribution in [0.4, 0.5) is 5.69 Å². The van der Waals surface area contributed by atoms with Crippen LogP contribution in [-0.4, -0.2) is 8.42 Å². The molecule has 0 spiro atoms.